The van der Waals surface area contributed by atoms with Crippen LogP contribution in [0, 0.1) is 0 Å². The molecule has 0 aliphatic rings. The topological polar surface area (TPSA) is 86.8 Å². The van der Waals surface area contributed by atoms with Gasteiger partial charge in [-0.15, -0.1) is 0 Å². The summed E-state index contributed by atoms with van der Waals surface area (Å²) in [7, 11) is -3.79. The second kappa shape index (κ2) is 12.0. The lowest BCUT2D eigenvalue weighted by Gasteiger charge is -2.32. The second-order valence-corrected chi connectivity index (χ2v) is 11.0. The van der Waals surface area contributed by atoms with E-state index < -0.39 is 28.5 Å². The first kappa shape index (κ1) is 27.2. The van der Waals surface area contributed by atoms with Gasteiger partial charge in [0.05, 0.1) is 11.9 Å². The number of amides is 2. The number of hydrogen-bond acceptors (Lipinski definition) is 4. The molecule has 7 nitrogen and oxygen atoms in total. The van der Waals surface area contributed by atoms with Crippen molar-refractivity contribution in [3.63, 3.8) is 0 Å². The molecule has 0 heterocycles. The number of nitrogens with zero attached hydrogens (tertiary/aromatic N) is 2. The molecule has 0 unspecified atom stereocenters. The Morgan fingerprint density at radius 3 is 2.22 bits per heavy atom. The SMILES string of the molecule is CC[C@H](C)NC(=O)[C@@H](C)N(CCc1ccccc1)C(=O)CN(c1cccc2ccccc12)S(C)(=O)=O. The van der Waals surface area contributed by atoms with Crippen LogP contribution in [0.3, 0.4) is 0 Å². The molecule has 0 fully saturated rings. The molecule has 0 aliphatic carbocycles. The highest BCUT2D eigenvalue weighted by molar-refractivity contribution is 7.92. The normalized spacial score (nSPS) is 13.1. The highest BCUT2D eigenvalue weighted by atomic mass is 32.2. The van der Waals surface area contributed by atoms with Crippen molar-refractivity contribution in [1.82, 2.24) is 10.2 Å². The van der Waals surface area contributed by atoms with Crippen LogP contribution in [-0.2, 0) is 26.0 Å². The summed E-state index contributed by atoms with van der Waals surface area (Å²) in [6.07, 6.45) is 2.40. The zero-order valence-corrected chi connectivity index (χ0v) is 22.2. The smallest absolute Gasteiger partial charge is 0.244 e. The maximum Gasteiger partial charge on any atom is 0.244 e. The number of fused-ring (bicyclic) bond motifs is 1. The molecule has 3 rings (SSSR count). The van der Waals surface area contributed by atoms with E-state index in [0.717, 1.165) is 33.3 Å². The van der Waals surface area contributed by atoms with Gasteiger partial charge in [0.1, 0.15) is 12.6 Å². The van der Waals surface area contributed by atoms with Crippen LogP contribution in [-0.4, -0.2) is 56.6 Å². The molecule has 0 aliphatic heterocycles. The van der Waals surface area contributed by atoms with Gasteiger partial charge in [0, 0.05) is 18.0 Å². The second-order valence-electron chi connectivity index (χ2n) is 9.08. The van der Waals surface area contributed by atoms with Crippen LogP contribution in [0.15, 0.2) is 72.8 Å². The molecule has 0 radical (unpaired) electrons. The number of benzene rings is 3. The van der Waals surface area contributed by atoms with Crippen LogP contribution >= 0.6 is 0 Å². The van der Waals surface area contributed by atoms with E-state index in [1.807, 2.05) is 74.5 Å². The van der Waals surface area contributed by atoms with Crippen molar-refractivity contribution in [3.05, 3.63) is 78.4 Å². The molecule has 192 valence electrons. The van der Waals surface area contributed by atoms with Gasteiger partial charge in [-0.2, -0.15) is 0 Å². The Labute approximate surface area is 214 Å². The van der Waals surface area contributed by atoms with Crippen LogP contribution in [0.25, 0.3) is 10.8 Å². The van der Waals surface area contributed by atoms with Crippen molar-refractivity contribution in [2.24, 2.45) is 0 Å². The summed E-state index contributed by atoms with van der Waals surface area (Å²) in [4.78, 5) is 28.1. The Morgan fingerprint density at radius 2 is 1.56 bits per heavy atom. The summed E-state index contributed by atoms with van der Waals surface area (Å²) >= 11 is 0. The third-order valence-electron chi connectivity index (χ3n) is 6.37. The Kier molecular flexibility index (Phi) is 9.09. The molecular formula is C28H35N3O4S. The summed E-state index contributed by atoms with van der Waals surface area (Å²) < 4.78 is 26.9. The molecule has 1 N–H and O–H groups in total. The molecule has 8 heteroatoms. The van der Waals surface area contributed by atoms with Crippen LogP contribution in [0.4, 0.5) is 5.69 Å². The highest BCUT2D eigenvalue weighted by Crippen LogP contribution is 2.28. The maximum atomic E-state index is 13.7. The first-order valence-corrected chi connectivity index (χ1v) is 14.1. The molecule has 3 aromatic rings. The minimum Gasteiger partial charge on any atom is -0.352 e. The number of sulfonamides is 1. The van der Waals surface area contributed by atoms with Gasteiger partial charge >= 0.3 is 0 Å². The number of rotatable bonds is 11. The average molecular weight is 510 g/mol. The molecule has 3 aromatic carbocycles. The summed E-state index contributed by atoms with van der Waals surface area (Å²) in [5, 5.41) is 4.54. The lowest BCUT2D eigenvalue weighted by atomic mass is 10.1. The number of nitrogens with one attached hydrogen (secondary N) is 1. The molecule has 0 spiro atoms. The van der Waals surface area contributed by atoms with Crippen LogP contribution < -0.4 is 9.62 Å². The summed E-state index contributed by atoms with van der Waals surface area (Å²) in [5.41, 5.74) is 1.46. The van der Waals surface area contributed by atoms with Gasteiger partial charge in [0.25, 0.3) is 0 Å². The monoisotopic (exact) mass is 509 g/mol. The number of carbonyl (C=O) groups excluding carboxylic acids is 2. The van der Waals surface area contributed by atoms with E-state index in [0.29, 0.717) is 12.1 Å². The fourth-order valence-corrected chi connectivity index (χ4v) is 4.92. The summed E-state index contributed by atoms with van der Waals surface area (Å²) in [6, 6.07) is 21.7. The van der Waals surface area contributed by atoms with Crippen molar-refractivity contribution >= 4 is 38.3 Å². The van der Waals surface area contributed by atoms with Gasteiger partial charge in [0.2, 0.25) is 21.8 Å². The molecule has 36 heavy (non-hydrogen) atoms. The predicted octanol–water partition coefficient (Wildman–Crippen LogP) is 3.98. The first-order chi connectivity index (χ1) is 17.1. The van der Waals surface area contributed by atoms with E-state index in [-0.39, 0.29) is 18.5 Å². The standard InChI is InChI=1S/C28H35N3O4S/c1-5-21(2)29-28(33)22(3)30(19-18-23-12-7-6-8-13-23)27(32)20-31(36(4,34)35)26-17-11-15-24-14-9-10-16-25(24)26/h6-17,21-22H,5,18-20H2,1-4H3,(H,29,33)/t21-,22+/m0/s1. The number of carbonyl (C=O) groups is 2. The average Bonchev–Trinajstić information content (AvgIpc) is 2.86. The van der Waals surface area contributed by atoms with Crippen LogP contribution in [0.5, 0.6) is 0 Å². The van der Waals surface area contributed by atoms with Crippen molar-refractivity contribution in [2.45, 2.75) is 45.7 Å². The van der Waals surface area contributed by atoms with Crippen molar-refractivity contribution in [2.75, 3.05) is 23.7 Å². The fourth-order valence-electron chi connectivity index (χ4n) is 4.06. The van der Waals surface area contributed by atoms with Gasteiger partial charge in [-0.25, -0.2) is 8.42 Å². The molecule has 2 amide bonds. The largest absolute Gasteiger partial charge is 0.352 e. The van der Waals surface area contributed by atoms with Gasteiger partial charge in [-0.1, -0.05) is 73.7 Å². The van der Waals surface area contributed by atoms with Gasteiger partial charge in [-0.3, -0.25) is 13.9 Å². The highest BCUT2D eigenvalue weighted by Gasteiger charge is 2.30. The Hall–Kier alpha value is -3.39. The lowest BCUT2D eigenvalue weighted by Crippen LogP contribution is -2.53. The lowest BCUT2D eigenvalue weighted by molar-refractivity contribution is -0.139. The summed E-state index contributed by atoms with van der Waals surface area (Å²) in [6.45, 7) is 5.45. The van der Waals surface area contributed by atoms with Crippen LogP contribution in [0.1, 0.15) is 32.8 Å². The van der Waals surface area contributed by atoms with Gasteiger partial charge < -0.3 is 10.2 Å². The van der Waals surface area contributed by atoms with E-state index in [2.05, 4.69) is 5.32 Å². The Balaban J connectivity index is 1.93. The van der Waals surface area contributed by atoms with Crippen molar-refractivity contribution in [1.29, 1.82) is 0 Å². The summed E-state index contributed by atoms with van der Waals surface area (Å²) in [5.74, 6) is -0.696. The Morgan fingerprint density at radius 1 is 0.917 bits per heavy atom. The minimum absolute atomic E-state index is 0.0331. The quantitative estimate of drug-likeness (QED) is 0.424. The van der Waals surface area contributed by atoms with Crippen LogP contribution in [0.2, 0.25) is 0 Å². The molecular weight excluding hydrogens is 474 g/mol. The van der Waals surface area contributed by atoms with E-state index in [9.17, 15) is 18.0 Å². The first-order valence-electron chi connectivity index (χ1n) is 12.2. The van der Waals surface area contributed by atoms with Gasteiger partial charge in [0.15, 0.2) is 0 Å². The maximum absolute atomic E-state index is 13.7. The van der Waals surface area contributed by atoms with E-state index in [4.69, 9.17) is 0 Å². The molecule has 0 bridgehead atoms. The van der Waals surface area contributed by atoms with E-state index >= 15 is 0 Å². The third-order valence-corrected chi connectivity index (χ3v) is 7.49. The number of hydrogen-bond donors (Lipinski definition) is 1. The third kappa shape index (κ3) is 6.85. The van der Waals surface area contributed by atoms with Crippen molar-refractivity contribution < 1.29 is 18.0 Å². The Bertz CT molecular complexity index is 1290. The molecule has 0 aromatic heterocycles. The predicted molar refractivity (Wildman–Crippen MR) is 145 cm³/mol. The van der Waals surface area contributed by atoms with E-state index in [1.165, 1.54) is 4.90 Å². The minimum atomic E-state index is -3.79. The van der Waals surface area contributed by atoms with Gasteiger partial charge in [-0.05, 0) is 43.7 Å². The molecule has 2 atom stereocenters. The van der Waals surface area contributed by atoms with Crippen molar-refractivity contribution in [3.8, 4) is 0 Å². The molecule has 0 saturated heterocycles. The molecule has 0 saturated carbocycles. The van der Waals surface area contributed by atoms with E-state index in [1.54, 1.807) is 19.1 Å². The fraction of sp³-hybridized carbons (Fsp3) is 0.357. The zero-order chi connectivity index (χ0) is 26.3. The zero-order valence-electron chi connectivity index (χ0n) is 21.3. The number of anilines is 1.